The molecule has 0 bridgehead atoms. The maximum absolute atomic E-state index is 11.8. The topological polar surface area (TPSA) is 48.0 Å². The highest BCUT2D eigenvalue weighted by atomic mass is 16.5. The Labute approximate surface area is 144 Å². The van der Waals surface area contributed by atoms with Crippen molar-refractivity contribution in [3.63, 3.8) is 0 Å². The van der Waals surface area contributed by atoms with Crippen LogP contribution in [-0.2, 0) is 16.0 Å². The molecule has 0 amide bonds. The van der Waals surface area contributed by atoms with E-state index in [1.165, 1.54) is 5.56 Å². The molecule has 0 aliphatic carbocycles. The predicted octanol–water partition coefficient (Wildman–Crippen LogP) is 2.91. The minimum absolute atomic E-state index is 0.0373. The SMILES string of the molecule is CCOC(=O)C1CCN([C@H](C)Cc2ccc(OC)c(OC)c2)CC1. The van der Waals surface area contributed by atoms with Gasteiger partial charge in [-0.1, -0.05) is 6.07 Å². The Hall–Kier alpha value is -1.75. The largest absolute Gasteiger partial charge is 0.493 e. The van der Waals surface area contributed by atoms with Gasteiger partial charge in [0, 0.05) is 6.04 Å². The van der Waals surface area contributed by atoms with Crippen molar-refractivity contribution in [2.45, 2.75) is 39.2 Å². The molecule has 0 saturated carbocycles. The molecule has 0 radical (unpaired) electrons. The fourth-order valence-electron chi connectivity index (χ4n) is 3.31. The first kappa shape index (κ1) is 18.6. The van der Waals surface area contributed by atoms with Crippen molar-refractivity contribution in [2.24, 2.45) is 5.92 Å². The zero-order valence-corrected chi connectivity index (χ0v) is 15.2. The summed E-state index contributed by atoms with van der Waals surface area (Å²) in [6.45, 7) is 6.45. The third-order valence-electron chi connectivity index (χ3n) is 4.75. The molecule has 0 aromatic heterocycles. The van der Waals surface area contributed by atoms with Gasteiger partial charge in [-0.3, -0.25) is 4.79 Å². The Balaban J connectivity index is 1.89. The lowest BCUT2D eigenvalue weighted by molar-refractivity contribution is -0.149. The molecule has 24 heavy (non-hydrogen) atoms. The first-order valence-corrected chi connectivity index (χ1v) is 8.70. The Morgan fingerprint density at radius 2 is 1.88 bits per heavy atom. The number of benzene rings is 1. The summed E-state index contributed by atoms with van der Waals surface area (Å²) < 4.78 is 15.8. The molecular formula is C19H29NO4. The maximum Gasteiger partial charge on any atom is 0.309 e. The number of carbonyl (C=O) groups excluding carboxylic acids is 1. The average Bonchev–Trinajstić information content (AvgIpc) is 2.61. The molecular weight excluding hydrogens is 306 g/mol. The van der Waals surface area contributed by atoms with Crippen molar-refractivity contribution in [3.05, 3.63) is 23.8 Å². The smallest absolute Gasteiger partial charge is 0.309 e. The van der Waals surface area contributed by atoms with Crippen molar-refractivity contribution in [3.8, 4) is 11.5 Å². The molecule has 1 aromatic carbocycles. The molecule has 0 spiro atoms. The third kappa shape index (κ3) is 4.63. The second-order valence-electron chi connectivity index (χ2n) is 6.30. The lowest BCUT2D eigenvalue weighted by Crippen LogP contribution is -2.42. The monoisotopic (exact) mass is 335 g/mol. The van der Waals surface area contributed by atoms with Crippen LogP contribution in [-0.4, -0.2) is 50.8 Å². The number of nitrogens with zero attached hydrogens (tertiary/aromatic N) is 1. The Morgan fingerprint density at radius 1 is 1.21 bits per heavy atom. The van der Waals surface area contributed by atoms with Gasteiger partial charge < -0.3 is 19.1 Å². The van der Waals surface area contributed by atoms with Gasteiger partial charge in [-0.25, -0.2) is 0 Å². The lowest BCUT2D eigenvalue weighted by atomic mass is 9.95. The van der Waals surface area contributed by atoms with Crippen molar-refractivity contribution < 1.29 is 19.0 Å². The van der Waals surface area contributed by atoms with E-state index in [2.05, 4.69) is 17.9 Å². The van der Waals surface area contributed by atoms with Gasteiger partial charge >= 0.3 is 5.97 Å². The van der Waals surface area contributed by atoms with Crippen LogP contribution in [0.5, 0.6) is 11.5 Å². The second kappa shape index (κ2) is 8.92. The fraction of sp³-hybridized carbons (Fsp3) is 0.632. The second-order valence-corrected chi connectivity index (χ2v) is 6.30. The number of carbonyl (C=O) groups is 1. The molecule has 5 nitrogen and oxygen atoms in total. The van der Waals surface area contributed by atoms with Gasteiger partial charge in [0.1, 0.15) is 0 Å². The van der Waals surface area contributed by atoms with Crippen molar-refractivity contribution in [1.29, 1.82) is 0 Å². The van der Waals surface area contributed by atoms with Crippen LogP contribution in [0.25, 0.3) is 0 Å². The number of rotatable bonds is 7. The van der Waals surface area contributed by atoms with Gasteiger partial charge in [0.25, 0.3) is 0 Å². The summed E-state index contributed by atoms with van der Waals surface area (Å²) in [5.74, 6) is 1.55. The number of hydrogen-bond acceptors (Lipinski definition) is 5. The van der Waals surface area contributed by atoms with Gasteiger partial charge in [0.2, 0.25) is 0 Å². The molecule has 1 fully saturated rings. The van der Waals surface area contributed by atoms with Crippen LogP contribution in [0.15, 0.2) is 18.2 Å². The molecule has 1 atom stereocenters. The Bertz CT molecular complexity index is 538. The van der Waals surface area contributed by atoms with Crippen molar-refractivity contribution >= 4 is 5.97 Å². The first-order chi connectivity index (χ1) is 11.6. The molecule has 1 aromatic rings. The van der Waals surface area contributed by atoms with Gasteiger partial charge in [0.15, 0.2) is 11.5 Å². The van der Waals surface area contributed by atoms with E-state index in [0.29, 0.717) is 12.6 Å². The van der Waals surface area contributed by atoms with E-state index in [4.69, 9.17) is 14.2 Å². The quantitative estimate of drug-likeness (QED) is 0.717. The lowest BCUT2D eigenvalue weighted by Gasteiger charge is -2.35. The summed E-state index contributed by atoms with van der Waals surface area (Å²) in [6.07, 6.45) is 2.72. The third-order valence-corrected chi connectivity index (χ3v) is 4.75. The Morgan fingerprint density at radius 3 is 2.46 bits per heavy atom. The van der Waals surface area contributed by atoms with E-state index >= 15 is 0 Å². The Kier molecular flexibility index (Phi) is 6.91. The van der Waals surface area contributed by atoms with Crippen LogP contribution in [0.2, 0.25) is 0 Å². The van der Waals surface area contributed by atoms with Crippen molar-refractivity contribution in [2.75, 3.05) is 33.9 Å². The van der Waals surface area contributed by atoms with Crippen LogP contribution in [0.3, 0.4) is 0 Å². The van der Waals surface area contributed by atoms with Gasteiger partial charge in [-0.15, -0.1) is 0 Å². The molecule has 1 heterocycles. The number of hydrogen-bond donors (Lipinski definition) is 0. The summed E-state index contributed by atoms with van der Waals surface area (Å²) in [6, 6.07) is 6.50. The van der Waals surface area contributed by atoms with E-state index in [1.54, 1.807) is 14.2 Å². The van der Waals surface area contributed by atoms with Crippen LogP contribution >= 0.6 is 0 Å². The average molecular weight is 335 g/mol. The summed E-state index contributed by atoms with van der Waals surface area (Å²) >= 11 is 0. The molecule has 2 rings (SSSR count). The molecule has 5 heteroatoms. The molecule has 0 unspecified atom stereocenters. The molecule has 1 aliphatic rings. The fourth-order valence-corrected chi connectivity index (χ4v) is 3.31. The minimum atomic E-state index is -0.0373. The number of likely N-dealkylation sites (tertiary alicyclic amines) is 1. The summed E-state index contributed by atoms with van der Waals surface area (Å²) in [7, 11) is 3.30. The summed E-state index contributed by atoms with van der Waals surface area (Å²) in [5.41, 5.74) is 1.23. The molecule has 1 aliphatic heterocycles. The summed E-state index contributed by atoms with van der Waals surface area (Å²) in [5, 5.41) is 0. The van der Waals surface area contributed by atoms with E-state index in [0.717, 1.165) is 43.9 Å². The van der Waals surface area contributed by atoms with E-state index in [-0.39, 0.29) is 11.9 Å². The highest BCUT2D eigenvalue weighted by Gasteiger charge is 2.28. The number of ether oxygens (including phenoxy) is 3. The zero-order chi connectivity index (χ0) is 17.5. The summed E-state index contributed by atoms with van der Waals surface area (Å²) in [4.78, 5) is 14.3. The normalized spacial score (nSPS) is 17.3. The van der Waals surface area contributed by atoms with Gasteiger partial charge in [-0.2, -0.15) is 0 Å². The first-order valence-electron chi connectivity index (χ1n) is 8.70. The minimum Gasteiger partial charge on any atom is -0.493 e. The van der Waals surface area contributed by atoms with Crippen LogP contribution in [0.4, 0.5) is 0 Å². The number of esters is 1. The van der Waals surface area contributed by atoms with Crippen LogP contribution in [0.1, 0.15) is 32.3 Å². The van der Waals surface area contributed by atoms with Crippen LogP contribution in [0, 0.1) is 5.92 Å². The van der Waals surface area contributed by atoms with Crippen LogP contribution < -0.4 is 9.47 Å². The molecule has 0 N–H and O–H groups in total. The highest BCUT2D eigenvalue weighted by molar-refractivity contribution is 5.72. The van der Waals surface area contributed by atoms with E-state index in [1.807, 2.05) is 19.1 Å². The highest BCUT2D eigenvalue weighted by Crippen LogP contribution is 2.29. The molecule has 1 saturated heterocycles. The van der Waals surface area contributed by atoms with E-state index in [9.17, 15) is 4.79 Å². The number of piperidine rings is 1. The number of methoxy groups -OCH3 is 2. The zero-order valence-electron chi connectivity index (χ0n) is 15.2. The van der Waals surface area contributed by atoms with Gasteiger partial charge in [-0.05, 0) is 63.9 Å². The maximum atomic E-state index is 11.8. The molecule has 134 valence electrons. The van der Waals surface area contributed by atoms with Gasteiger partial charge in [0.05, 0.1) is 26.7 Å². The standard InChI is InChI=1S/C19H29NO4/c1-5-24-19(21)16-8-10-20(11-9-16)14(2)12-15-6-7-17(22-3)18(13-15)23-4/h6-7,13-14,16H,5,8-12H2,1-4H3/t14-/m1/s1. The van der Waals surface area contributed by atoms with E-state index < -0.39 is 0 Å². The predicted molar refractivity (Wildman–Crippen MR) is 93.6 cm³/mol. The van der Waals surface area contributed by atoms with Crippen molar-refractivity contribution in [1.82, 2.24) is 4.90 Å².